The lowest BCUT2D eigenvalue weighted by molar-refractivity contribution is -0.121. The zero-order valence-corrected chi connectivity index (χ0v) is 14.5. The van der Waals surface area contributed by atoms with Crippen LogP contribution in [-0.4, -0.2) is 26.2 Å². The number of rotatable bonds is 4. The lowest BCUT2D eigenvalue weighted by atomic mass is 9.98. The van der Waals surface area contributed by atoms with Gasteiger partial charge in [-0.05, 0) is 48.9 Å². The molecular weight excluding hydrogens is 334 g/mol. The summed E-state index contributed by atoms with van der Waals surface area (Å²) in [5.74, 6) is -0.0845. The van der Waals surface area contributed by atoms with Crippen molar-refractivity contribution in [2.75, 3.05) is 5.32 Å². The number of amides is 1. The van der Waals surface area contributed by atoms with Crippen molar-refractivity contribution in [3.63, 3.8) is 0 Å². The van der Waals surface area contributed by atoms with Crippen molar-refractivity contribution in [1.29, 1.82) is 0 Å². The molecule has 1 aromatic heterocycles. The van der Waals surface area contributed by atoms with Gasteiger partial charge in [0.05, 0.1) is 5.54 Å². The second-order valence-electron chi connectivity index (χ2n) is 5.67. The van der Waals surface area contributed by atoms with Gasteiger partial charge in [-0.1, -0.05) is 12.8 Å². The van der Waals surface area contributed by atoms with E-state index in [2.05, 4.69) is 15.5 Å². The fourth-order valence-electron chi connectivity index (χ4n) is 2.57. The van der Waals surface area contributed by atoms with Crippen molar-refractivity contribution >= 4 is 35.8 Å². The van der Waals surface area contributed by atoms with Crippen LogP contribution in [0.15, 0.2) is 40.6 Å². The molecule has 1 aliphatic carbocycles. The second kappa shape index (κ2) is 7.33. The molecule has 0 radical (unpaired) electrons. The largest absolute Gasteiger partial charge is 0.324 e. The summed E-state index contributed by atoms with van der Waals surface area (Å²) < 4.78 is 1.86. The van der Waals surface area contributed by atoms with Crippen LogP contribution < -0.4 is 11.1 Å². The molecule has 2 aromatic rings. The number of nitrogens with two attached hydrogens (primary N) is 1. The van der Waals surface area contributed by atoms with Crippen LogP contribution in [0.1, 0.15) is 25.7 Å². The van der Waals surface area contributed by atoms with Crippen LogP contribution in [0.3, 0.4) is 0 Å². The number of benzene rings is 1. The summed E-state index contributed by atoms with van der Waals surface area (Å²) in [6.45, 7) is 0. The minimum atomic E-state index is -0.702. The molecule has 3 rings (SSSR count). The van der Waals surface area contributed by atoms with Gasteiger partial charge in [0.1, 0.15) is 6.33 Å². The summed E-state index contributed by atoms with van der Waals surface area (Å²) in [5, 5.41) is 11.6. The van der Waals surface area contributed by atoms with Gasteiger partial charge in [0.2, 0.25) is 5.91 Å². The topological polar surface area (TPSA) is 85.8 Å². The molecular formula is C15H20ClN5OS. The smallest absolute Gasteiger partial charge is 0.244 e. The molecule has 1 aromatic carbocycles. The number of hydrogen-bond donors (Lipinski definition) is 2. The normalized spacial score (nSPS) is 15.9. The molecule has 23 heavy (non-hydrogen) atoms. The van der Waals surface area contributed by atoms with Crippen LogP contribution in [0.4, 0.5) is 5.69 Å². The average molecular weight is 354 g/mol. The fraction of sp³-hybridized carbons (Fsp3) is 0.400. The number of hydrogen-bond acceptors (Lipinski definition) is 5. The van der Waals surface area contributed by atoms with Gasteiger partial charge in [-0.25, -0.2) is 0 Å². The van der Waals surface area contributed by atoms with Gasteiger partial charge in [0, 0.05) is 17.6 Å². The molecule has 3 N–H and O–H groups in total. The van der Waals surface area contributed by atoms with E-state index in [9.17, 15) is 4.79 Å². The second-order valence-corrected chi connectivity index (χ2v) is 6.71. The van der Waals surface area contributed by atoms with Gasteiger partial charge in [-0.15, -0.1) is 22.6 Å². The molecule has 1 heterocycles. The Bertz CT molecular complexity index is 667. The molecule has 6 nitrogen and oxygen atoms in total. The van der Waals surface area contributed by atoms with E-state index in [0.717, 1.165) is 41.4 Å². The first-order chi connectivity index (χ1) is 10.6. The summed E-state index contributed by atoms with van der Waals surface area (Å²) in [4.78, 5) is 13.3. The van der Waals surface area contributed by atoms with Crippen molar-refractivity contribution in [2.24, 2.45) is 12.8 Å². The molecule has 1 saturated carbocycles. The third-order valence-electron chi connectivity index (χ3n) is 3.94. The van der Waals surface area contributed by atoms with Crippen molar-refractivity contribution in [3.05, 3.63) is 30.6 Å². The van der Waals surface area contributed by atoms with Crippen molar-refractivity contribution in [2.45, 2.75) is 41.3 Å². The Balaban J connectivity index is 0.00000192. The summed E-state index contributed by atoms with van der Waals surface area (Å²) >= 11 is 1.52. The zero-order chi connectivity index (χ0) is 15.6. The van der Waals surface area contributed by atoms with Gasteiger partial charge < -0.3 is 15.6 Å². The van der Waals surface area contributed by atoms with Crippen LogP contribution in [0, 0.1) is 0 Å². The van der Waals surface area contributed by atoms with Gasteiger partial charge >= 0.3 is 0 Å². The first kappa shape index (κ1) is 17.8. The highest BCUT2D eigenvalue weighted by atomic mass is 35.5. The average Bonchev–Trinajstić information content (AvgIpc) is 3.11. The van der Waals surface area contributed by atoms with E-state index in [0.29, 0.717) is 0 Å². The SMILES string of the molecule is Cl.Cn1cnnc1Sc1ccc(NC(=O)C2(N)CCCC2)cc1. The number of aromatic nitrogens is 3. The fourth-order valence-corrected chi connectivity index (χ4v) is 3.33. The monoisotopic (exact) mass is 353 g/mol. The predicted octanol–water partition coefficient (Wildman–Crippen LogP) is 2.60. The Kier molecular flexibility index (Phi) is 5.67. The maximum absolute atomic E-state index is 12.3. The summed E-state index contributed by atoms with van der Waals surface area (Å²) in [6.07, 6.45) is 5.24. The van der Waals surface area contributed by atoms with E-state index in [1.807, 2.05) is 35.9 Å². The summed E-state index contributed by atoms with van der Waals surface area (Å²) in [6, 6.07) is 7.67. The minimum Gasteiger partial charge on any atom is -0.324 e. The van der Waals surface area contributed by atoms with E-state index in [-0.39, 0.29) is 18.3 Å². The van der Waals surface area contributed by atoms with Gasteiger partial charge in [-0.3, -0.25) is 4.79 Å². The van der Waals surface area contributed by atoms with Crippen LogP contribution in [0.5, 0.6) is 0 Å². The Labute approximate surface area is 145 Å². The number of aryl methyl sites for hydroxylation is 1. The molecule has 124 valence electrons. The lowest BCUT2D eigenvalue weighted by Gasteiger charge is -2.22. The van der Waals surface area contributed by atoms with Crippen molar-refractivity contribution in [1.82, 2.24) is 14.8 Å². The van der Waals surface area contributed by atoms with E-state index < -0.39 is 5.54 Å². The van der Waals surface area contributed by atoms with Gasteiger partial charge in [0.15, 0.2) is 5.16 Å². The summed E-state index contributed by atoms with van der Waals surface area (Å²) in [5.41, 5.74) is 6.22. The molecule has 1 fully saturated rings. The Morgan fingerprint density at radius 1 is 1.30 bits per heavy atom. The number of nitrogens with zero attached hydrogens (tertiary/aromatic N) is 3. The first-order valence-electron chi connectivity index (χ1n) is 7.29. The Hall–Kier alpha value is -1.57. The number of nitrogens with one attached hydrogen (secondary N) is 1. The molecule has 8 heteroatoms. The summed E-state index contributed by atoms with van der Waals surface area (Å²) in [7, 11) is 1.90. The number of halogens is 1. The Morgan fingerprint density at radius 3 is 2.52 bits per heavy atom. The quantitative estimate of drug-likeness (QED) is 0.882. The van der Waals surface area contributed by atoms with E-state index >= 15 is 0 Å². The van der Waals surface area contributed by atoms with Crippen LogP contribution in [0.25, 0.3) is 0 Å². The highest BCUT2D eigenvalue weighted by molar-refractivity contribution is 7.99. The molecule has 0 bridgehead atoms. The molecule has 0 saturated heterocycles. The van der Waals surface area contributed by atoms with Gasteiger partial charge in [-0.2, -0.15) is 0 Å². The number of carbonyl (C=O) groups excluding carboxylic acids is 1. The predicted molar refractivity (Wildman–Crippen MR) is 92.8 cm³/mol. The van der Waals surface area contributed by atoms with Crippen LogP contribution in [0.2, 0.25) is 0 Å². The highest BCUT2D eigenvalue weighted by Crippen LogP contribution is 2.29. The third kappa shape index (κ3) is 4.04. The van der Waals surface area contributed by atoms with Crippen molar-refractivity contribution in [3.8, 4) is 0 Å². The number of anilines is 1. The van der Waals surface area contributed by atoms with Gasteiger partial charge in [0.25, 0.3) is 0 Å². The van der Waals surface area contributed by atoms with E-state index in [1.165, 1.54) is 11.8 Å². The van der Waals surface area contributed by atoms with Crippen molar-refractivity contribution < 1.29 is 4.79 Å². The van der Waals surface area contributed by atoms with Crippen LogP contribution in [-0.2, 0) is 11.8 Å². The van der Waals surface area contributed by atoms with E-state index in [4.69, 9.17) is 5.73 Å². The first-order valence-corrected chi connectivity index (χ1v) is 8.11. The zero-order valence-electron chi connectivity index (χ0n) is 12.9. The standard InChI is InChI=1S/C15H19N5OS.ClH/c1-20-10-17-19-14(20)22-12-6-4-11(5-7-12)18-13(21)15(16)8-2-3-9-15;/h4-7,10H,2-3,8-9,16H2,1H3,(H,18,21);1H. The minimum absolute atomic E-state index is 0. The van der Waals surface area contributed by atoms with E-state index in [1.54, 1.807) is 6.33 Å². The molecule has 0 aliphatic heterocycles. The molecule has 1 amide bonds. The lowest BCUT2D eigenvalue weighted by Crippen LogP contribution is -2.48. The highest BCUT2D eigenvalue weighted by Gasteiger charge is 2.36. The van der Waals surface area contributed by atoms with Crippen LogP contribution >= 0.6 is 24.2 Å². The molecule has 0 atom stereocenters. The molecule has 1 aliphatic rings. The molecule has 0 spiro atoms. The third-order valence-corrected chi connectivity index (χ3v) is 5.00. The molecule has 0 unspecified atom stereocenters. The number of carbonyl (C=O) groups is 1. The Morgan fingerprint density at radius 2 is 1.96 bits per heavy atom. The maximum atomic E-state index is 12.3. The maximum Gasteiger partial charge on any atom is 0.244 e.